The number of hydrogen-bond donors (Lipinski definition) is 3. The summed E-state index contributed by atoms with van der Waals surface area (Å²) in [6.45, 7) is 6.73. The first-order valence-electron chi connectivity index (χ1n) is 7.90. The van der Waals surface area contributed by atoms with Gasteiger partial charge in [0.1, 0.15) is 0 Å². The average molecular weight is 340 g/mol. The fraction of sp³-hybridized carbons (Fsp3) is 0.529. The first kappa shape index (κ1) is 19.5. The third-order valence-electron chi connectivity index (χ3n) is 3.78. The highest BCUT2D eigenvalue weighted by atomic mass is 35.5. The minimum absolute atomic E-state index is 0. The van der Waals surface area contributed by atoms with Crippen molar-refractivity contribution >= 4 is 29.9 Å². The zero-order valence-corrected chi connectivity index (χ0v) is 14.8. The summed E-state index contributed by atoms with van der Waals surface area (Å²) in [6, 6.07) is 5.79. The van der Waals surface area contributed by atoms with Crippen LogP contribution in [0.2, 0.25) is 0 Å². The molecule has 23 heavy (non-hydrogen) atoms. The summed E-state index contributed by atoms with van der Waals surface area (Å²) in [7, 11) is 0. The fourth-order valence-electron chi connectivity index (χ4n) is 2.65. The van der Waals surface area contributed by atoms with E-state index in [0.29, 0.717) is 17.7 Å². The number of amides is 2. The third kappa shape index (κ3) is 5.84. The van der Waals surface area contributed by atoms with Gasteiger partial charge < -0.3 is 16.0 Å². The molecule has 0 aromatic heterocycles. The summed E-state index contributed by atoms with van der Waals surface area (Å²) in [6.07, 6.45) is 2.65. The maximum absolute atomic E-state index is 12.2. The number of anilines is 1. The van der Waals surface area contributed by atoms with E-state index in [1.165, 1.54) is 0 Å². The van der Waals surface area contributed by atoms with Crippen LogP contribution in [-0.2, 0) is 4.79 Å². The lowest BCUT2D eigenvalue weighted by molar-refractivity contribution is -0.116. The second-order valence-corrected chi connectivity index (χ2v) is 6.20. The molecule has 1 fully saturated rings. The summed E-state index contributed by atoms with van der Waals surface area (Å²) in [5.74, 6) is -0.125. The van der Waals surface area contributed by atoms with E-state index in [4.69, 9.17) is 0 Å². The number of rotatable bonds is 5. The normalized spacial score (nSPS) is 16.8. The Morgan fingerprint density at radius 2 is 2.09 bits per heavy atom. The quantitative estimate of drug-likeness (QED) is 0.772. The SMILES string of the molecule is Cc1ccc(NC(=O)CC2CCCN2)cc1C(=O)NC(C)C.Cl. The van der Waals surface area contributed by atoms with Gasteiger partial charge in [-0.15, -0.1) is 12.4 Å². The Hall–Kier alpha value is -1.59. The summed E-state index contributed by atoms with van der Waals surface area (Å²) >= 11 is 0. The number of benzene rings is 1. The summed E-state index contributed by atoms with van der Waals surface area (Å²) in [5.41, 5.74) is 2.17. The standard InChI is InChI=1S/C17H25N3O2.ClH/c1-11(2)19-17(22)15-9-14(7-6-12(15)3)20-16(21)10-13-5-4-8-18-13;/h6-7,9,11,13,18H,4-5,8,10H2,1-3H3,(H,19,22)(H,20,21);1H. The average Bonchev–Trinajstić information content (AvgIpc) is 2.92. The van der Waals surface area contributed by atoms with Crippen LogP contribution in [0.4, 0.5) is 5.69 Å². The number of halogens is 1. The molecule has 1 aromatic carbocycles. The Bertz CT molecular complexity index is 555. The van der Waals surface area contributed by atoms with Gasteiger partial charge in [0, 0.05) is 29.8 Å². The number of carbonyl (C=O) groups excluding carboxylic acids is 2. The molecule has 0 spiro atoms. The van der Waals surface area contributed by atoms with Crippen molar-refractivity contribution in [2.45, 2.75) is 52.1 Å². The van der Waals surface area contributed by atoms with Crippen molar-refractivity contribution in [1.29, 1.82) is 0 Å². The number of hydrogen-bond acceptors (Lipinski definition) is 3. The lowest BCUT2D eigenvalue weighted by Gasteiger charge is -2.14. The predicted molar refractivity (Wildman–Crippen MR) is 95.3 cm³/mol. The molecule has 1 aromatic rings. The molecule has 0 saturated carbocycles. The van der Waals surface area contributed by atoms with Crippen LogP contribution in [0.5, 0.6) is 0 Å². The van der Waals surface area contributed by atoms with Gasteiger partial charge in [0.2, 0.25) is 5.91 Å². The molecule has 128 valence electrons. The first-order chi connectivity index (χ1) is 10.5. The van der Waals surface area contributed by atoms with Crippen molar-refractivity contribution in [2.24, 2.45) is 0 Å². The van der Waals surface area contributed by atoms with Crippen LogP contribution < -0.4 is 16.0 Å². The second-order valence-electron chi connectivity index (χ2n) is 6.20. The topological polar surface area (TPSA) is 70.2 Å². The maximum Gasteiger partial charge on any atom is 0.251 e. The molecule has 1 heterocycles. The molecule has 0 bridgehead atoms. The van der Waals surface area contributed by atoms with Crippen LogP contribution in [0.15, 0.2) is 18.2 Å². The van der Waals surface area contributed by atoms with Crippen LogP contribution in [-0.4, -0.2) is 30.4 Å². The van der Waals surface area contributed by atoms with Crippen molar-refractivity contribution in [3.05, 3.63) is 29.3 Å². The maximum atomic E-state index is 12.2. The molecular formula is C17H26ClN3O2. The van der Waals surface area contributed by atoms with Gasteiger partial charge in [-0.25, -0.2) is 0 Å². The van der Waals surface area contributed by atoms with E-state index in [0.717, 1.165) is 24.9 Å². The van der Waals surface area contributed by atoms with E-state index in [1.54, 1.807) is 6.07 Å². The minimum Gasteiger partial charge on any atom is -0.350 e. The fourth-order valence-corrected chi connectivity index (χ4v) is 2.65. The smallest absolute Gasteiger partial charge is 0.251 e. The Morgan fingerprint density at radius 3 is 2.70 bits per heavy atom. The van der Waals surface area contributed by atoms with E-state index < -0.39 is 0 Å². The van der Waals surface area contributed by atoms with E-state index >= 15 is 0 Å². The zero-order valence-electron chi connectivity index (χ0n) is 13.9. The highest BCUT2D eigenvalue weighted by molar-refractivity contribution is 5.98. The predicted octanol–water partition coefficient (Wildman–Crippen LogP) is 2.64. The van der Waals surface area contributed by atoms with Gasteiger partial charge >= 0.3 is 0 Å². The molecular weight excluding hydrogens is 314 g/mol. The largest absolute Gasteiger partial charge is 0.350 e. The van der Waals surface area contributed by atoms with E-state index in [2.05, 4.69) is 16.0 Å². The molecule has 0 radical (unpaired) electrons. The molecule has 1 aliphatic rings. The van der Waals surface area contributed by atoms with Crippen molar-refractivity contribution in [1.82, 2.24) is 10.6 Å². The molecule has 5 nitrogen and oxygen atoms in total. The lowest BCUT2D eigenvalue weighted by atomic mass is 10.1. The number of carbonyl (C=O) groups is 2. The Labute approximate surface area is 144 Å². The van der Waals surface area contributed by atoms with Crippen molar-refractivity contribution < 1.29 is 9.59 Å². The molecule has 0 aliphatic carbocycles. The van der Waals surface area contributed by atoms with Gasteiger partial charge in [-0.05, 0) is 57.9 Å². The number of nitrogens with one attached hydrogen (secondary N) is 3. The lowest BCUT2D eigenvalue weighted by Crippen LogP contribution is -2.31. The van der Waals surface area contributed by atoms with Crippen molar-refractivity contribution in [3.8, 4) is 0 Å². The Balaban J connectivity index is 0.00000264. The highest BCUT2D eigenvalue weighted by Gasteiger charge is 2.18. The molecule has 1 unspecified atom stereocenters. The Kier molecular flexibility index (Phi) is 7.52. The summed E-state index contributed by atoms with van der Waals surface area (Å²) in [5, 5.41) is 9.07. The van der Waals surface area contributed by atoms with E-state index in [9.17, 15) is 9.59 Å². The molecule has 1 saturated heterocycles. The van der Waals surface area contributed by atoms with Crippen molar-refractivity contribution in [2.75, 3.05) is 11.9 Å². The van der Waals surface area contributed by atoms with E-state index in [-0.39, 0.29) is 36.3 Å². The third-order valence-corrected chi connectivity index (χ3v) is 3.78. The molecule has 2 amide bonds. The molecule has 3 N–H and O–H groups in total. The van der Waals surface area contributed by atoms with Gasteiger partial charge in [-0.3, -0.25) is 9.59 Å². The molecule has 6 heteroatoms. The van der Waals surface area contributed by atoms with Gasteiger partial charge in [0.15, 0.2) is 0 Å². The van der Waals surface area contributed by atoms with Crippen LogP contribution in [0, 0.1) is 6.92 Å². The molecule has 1 aliphatic heterocycles. The van der Waals surface area contributed by atoms with Gasteiger partial charge in [0.05, 0.1) is 0 Å². The van der Waals surface area contributed by atoms with Crippen LogP contribution in [0.25, 0.3) is 0 Å². The van der Waals surface area contributed by atoms with Gasteiger partial charge in [-0.2, -0.15) is 0 Å². The highest BCUT2D eigenvalue weighted by Crippen LogP contribution is 2.17. The van der Waals surface area contributed by atoms with Gasteiger partial charge in [0.25, 0.3) is 5.91 Å². The summed E-state index contributed by atoms with van der Waals surface area (Å²) < 4.78 is 0. The van der Waals surface area contributed by atoms with Crippen LogP contribution in [0.1, 0.15) is 49.0 Å². The van der Waals surface area contributed by atoms with Crippen LogP contribution >= 0.6 is 12.4 Å². The van der Waals surface area contributed by atoms with Crippen LogP contribution in [0.3, 0.4) is 0 Å². The zero-order chi connectivity index (χ0) is 16.1. The van der Waals surface area contributed by atoms with Gasteiger partial charge in [-0.1, -0.05) is 6.07 Å². The summed E-state index contributed by atoms with van der Waals surface area (Å²) in [4.78, 5) is 24.2. The monoisotopic (exact) mass is 339 g/mol. The van der Waals surface area contributed by atoms with E-state index in [1.807, 2.05) is 32.9 Å². The Morgan fingerprint density at radius 1 is 1.35 bits per heavy atom. The first-order valence-corrected chi connectivity index (χ1v) is 7.90. The molecule has 1 atom stereocenters. The van der Waals surface area contributed by atoms with Crippen molar-refractivity contribution in [3.63, 3.8) is 0 Å². The second kappa shape index (κ2) is 8.89. The minimum atomic E-state index is -0.110. The molecule has 2 rings (SSSR count). The number of aryl methyl sites for hydroxylation is 1.